The van der Waals surface area contributed by atoms with Gasteiger partial charge in [0.2, 0.25) is 5.91 Å². The van der Waals surface area contributed by atoms with Gasteiger partial charge in [0.15, 0.2) is 0 Å². The number of hydrogen-bond acceptors (Lipinski definition) is 3. The van der Waals surface area contributed by atoms with E-state index in [9.17, 15) is 4.79 Å². The normalized spacial score (nSPS) is 12.3. The fraction of sp³-hybridized carbons (Fsp3) is 0.533. The molecule has 106 valence electrons. The number of aryl methyl sites for hydroxylation is 1. The van der Waals surface area contributed by atoms with E-state index in [0.717, 1.165) is 17.0 Å². The largest absolute Gasteiger partial charge is 0.494 e. The topological polar surface area (TPSA) is 64.3 Å². The van der Waals surface area contributed by atoms with Gasteiger partial charge in [0.05, 0.1) is 12.5 Å². The van der Waals surface area contributed by atoms with Gasteiger partial charge in [-0.1, -0.05) is 13.8 Å². The van der Waals surface area contributed by atoms with Gasteiger partial charge < -0.3 is 15.8 Å². The Labute approximate surface area is 115 Å². The number of carbonyl (C=O) groups is 1. The number of nitrogens with one attached hydrogen (secondary N) is 1. The van der Waals surface area contributed by atoms with E-state index in [2.05, 4.69) is 5.32 Å². The summed E-state index contributed by atoms with van der Waals surface area (Å²) in [6.45, 7) is 8.91. The second kappa shape index (κ2) is 7.14. The maximum Gasteiger partial charge on any atom is 0.229 e. The molecule has 4 heteroatoms. The molecule has 0 fully saturated rings. The molecule has 0 aliphatic carbocycles. The standard InChI is InChI=1S/C15H24N2O2/c1-5-19-14-7-6-12(8-11(14)4)17-15(18)13(9-16)10(2)3/h6-8,10,13H,5,9,16H2,1-4H3,(H,17,18). The monoisotopic (exact) mass is 264 g/mol. The Morgan fingerprint density at radius 1 is 1.42 bits per heavy atom. The molecule has 0 bridgehead atoms. The van der Waals surface area contributed by atoms with Crippen LogP contribution in [0.1, 0.15) is 26.3 Å². The Morgan fingerprint density at radius 3 is 2.58 bits per heavy atom. The number of hydrogen-bond donors (Lipinski definition) is 2. The molecular formula is C15H24N2O2. The van der Waals surface area contributed by atoms with Gasteiger partial charge in [-0.05, 0) is 43.5 Å². The van der Waals surface area contributed by atoms with Gasteiger partial charge in [0.1, 0.15) is 5.75 Å². The molecule has 0 radical (unpaired) electrons. The molecule has 0 heterocycles. The van der Waals surface area contributed by atoms with Crippen molar-refractivity contribution in [3.63, 3.8) is 0 Å². The van der Waals surface area contributed by atoms with Crippen LogP contribution in [0.2, 0.25) is 0 Å². The van der Waals surface area contributed by atoms with Crippen LogP contribution in [0.3, 0.4) is 0 Å². The summed E-state index contributed by atoms with van der Waals surface area (Å²) in [5.74, 6) is 0.890. The predicted octanol–water partition coefficient (Wildman–Crippen LogP) is 2.56. The van der Waals surface area contributed by atoms with Crippen molar-refractivity contribution in [2.45, 2.75) is 27.7 Å². The maximum absolute atomic E-state index is 12.1. The minimum Gasteiger partial charge on any atom is -0.494 e. The first-order valence-corrected chi connectivity index (χ1v) is 6.74. The molecule has 0 aromatic heterocycles. The molecular weight excluding hydrogens is 240 g/mol. The molecule has 1 unspecified atom stereocenters. The highest BCUT2D eigenvalue weighted by Crippen LogP contribution is 2.22. The first kappa shape index (κ1) is 15.5. The summed E-state index contributed by atoms with van der Waals surface area (Å²) in [4.78, 5) is 12.1. The highest BCUT2D eigenvalue weighted by molar-refractivity contribution is 5.93. The van der Waals surface area contributed by atoms with Crippen LogP contribution in [0.25, 0.3) is 0 Å². The lowest BCUT2D eigenvalue weighted by Gasteiger charge is -2.18. The summed E-state index contributed by atoms with van der Waals surface area (Å²) < 4.78 is 5.47. The first-order chi connectivity index (χ1) is 8.99. The molecule has 0 saturated heterocycles. The molecule has 0 saturated carbocycles. The van der Waals surface area contributed by atoms with E-state index >= 15 is 0 Å². The van der Waals surface area contributed by atoms with Crippen molar-refractivity contribution in [3.05, 3.63) is 23.8 Å². The molecule has 1 rings (SSSR count). The van der Waals surface area contributed by atoms with Gasteiger partial charge >= 0.3 is 0 Å². The molecule has 0 aliphatic rings. The second-order valence-corrected chi connectivity index (χ2v) is 4.99. The number of amides is 1. The first-order valence-electron chi connectivity index (χ1n) is 6.74. The van der Waals surface area contributed by atoms with Gasteiger partial charge in [0.25, 0.3) is 0 Å². The van der Waals surface area contributed by atoms with Gasteiger partial charge in [-0.2, -0.15) is 0 Å². The number of carbonyl (C=O) groups excluding carboxylic acids is 1. The minimum atomic E-state index is -0.160. The lowest BCUT2D eigenvalue weighted by Crippen LogP contribution is -2.33. The highest BCUT2D eigenvalue weighted by atomic mass is 16.5. The van der Waals surface area contributed by atoms with Crippen LogP contribution in [0.5, 0.6) is 5.75 Å². The third kappa shape index (κ3) is 4.24. The Balaban J connectivity index is 2.77. The number of rotatable bonds is 6. The smallest absolute Gasteiger partial charge is 0.229 e. The van der Waals surface area contributed by atoms with Crippen LogP contribution in [-0.2, 0) is 4.79 Å². The Morgan fingerprint density at radius 2 is 2.11 bits per heavy atom. The summed E-state index contributed by atoms with van der Waals surface area (Å²) in [6, 6.07) is 5.64. The molecule has 4 nitrogen and oxygen atoms in total. The zero-order chi connectivity index (χ0) is 14.4. The predicted molar refractivity (Wildman–Crippen MR) is 78.4 cm³/mol. The van der Waals surface area contributed by atoms with E-state index in [1.165, 1.54) is 0 Å². The van der Waals surface area contributed by atoms with Crippen molar-refractivity contribution in [1.82, 2.24) is 0 Å². The lowest BCUT2D eigenvalue weighted by molar-refractivity contribution is -0.120. The molecule has 1 aromatic rings. The molecule has 1 atom stereocenters. The quantitative estimate of drug-likeness (QED) is 0.830. The van der Waals surface area contributed by atoms with Crippen molar-refractivity contribution < 1.29 is 9.53 Å². The zero-order valence-corrected chi connectivity index (χ0v) is 12.2. The van der Waals surface area contributed by atoms with Crippen molar-refractivity contribution in [2.75, 3.05) is 18.5 Å². The number of ether oxygens (including phenoxy) is 1. The fourth-order valence-electron chi connectivity index (χ4n) is 1.96. The third-order valence-corrected chi connectivity index (χ3v) is 3.14. The second-order valence-electron chi connectivity index (χ2n) is 4.99. The Kier molecular flexibility index (Phi) is 5.83. The van der Waals surface area contributed by atoms with E-state index in [-0.39, 0.29) is 17.7 Å². The van der Waals surface area contributed by atoms with Crippen molar-refractivity contribution in [3.8, 4) is 5.75 Å². The lowest BCUT2D eigenvalue weighted by atomic mass is 9.95. The highest BCUT2D eigenvalue weighted by Gasteiger charge is 2.20. The molecule has 1 amide bonds. The van der Waals surface area contributed by atoms with Crippen molar-refractivity contribution in [1.29, 1.82) is 0 Å². The van der Waals surface area contributed by atoms with Gasteiger partial charge in [0, 0.05) is 12.2 Å². The summed E-state index contributed by atoms with van der Waals surface area (Å²) >= 11 is 0. The van der Waals surface area contributed by atoms with Crippen LogP contribution in [0, 0.1) is 18.8 Å². The maximum atomic E-state index is 12.1. The average Bonchev–Trinajstić information content (AvgIpc) is 2.33. The molecule has 0 aliphatic heterocycles. The van der Waals surface area contributed by atoms with Gasteiger partial charge in [-0.25, -0.2) is 0 Å². The Bertz CT molecular complexity index is 430. The number of benzene rings is 1. The van der Waals surface area contributed by atoms with Crippen LogP contribution < -0.4 is 15.8 Å². The average molecular weight is 264 g/mol. The van der Waals surface area contributed by atoms with E-state index < -0.39 is 0 Å². The van der Waals surface area contributed by atoms with Crippen molar-refractivity contribution in [2.24, 2.45) is 17.6 Å². The van der Waals surface area contributed by atoms with Crippen LogP contribution in [0.15, 0.2) is 18.2 Å². The zero-order valence-electron chi connectivity index (χ0n) is 12.2. The summed E-state index contributed by atoms with van der Waals surface area (Å²) in [6.07, 6.45) is 0. The van der Waals surface area contributed by atoms with Crippen LogP contribution in [-0.4, -0.2) is 19.1 Å². The summed E-state index contributed by atoms with van der Waals surface area (Å²) in [5, 5.41) is 2.91. The molecule has 19 heavy (non-hydrogen) atoms. The van der Waals surface area contributed by atoms with E-state index in [1.54, 1.807) is 0 Å². The third-order valence-electron chi connectivity index (χ3n) is 3.14. The van der Waals surface area contributed by atoms with Crippen LogP contribution in [0.4, 0.5) is 5.69 Å². The van der Waals surface area contributed by atoms with E-state index in [0.29, 0.717) is 13.2 Å². The fourth-order valence-corrected chi connectivity index (χ4v) is 1.96. The number of nitrogens with two attached hydrogens (primary N) is 1. The van der Waals surface area contributed by atoms with Gasteiger partial charge in [-0.3, -0.25) is 4.79 Å². The summed E-state index contributed by atoms with van der Waals surface area (Å²) in [7, 11) is 0. The Hall–Kier alpha value is -1.55. The molecule has 3 N–H and O–H groups in total. The van der Waals surface area contributed by atoms with E-state index in [1.807, 2.05) is 45.9 Å². The molecule has 0 spiro atoms. The number of anilines is 1. The minimum absolute atomic E-state index is 0.0268. The van der Waals surface area contributed by atoms with Gasteiger partial charge in [-0.15, -0.1) is 0 Å². The van der Waals surface area contributed by atoms with Crippen LogP contribution >= 0.6 is 0 Å². The van der Waals surface area contributed by atoms with Crippen molar-refractivity contribution >= 4 is 11.6 Å². The molecule has 1 aromatic carbocycles. The van der Waals surface area contributed by atoms with E-state index in [4.69, 9.17) is 10.5 Å². The summed E-state index contributed by atoms with van der Waals surface area (Å²) in [5.41, 5.74) is 7.43. The SMILES string of the molecule is CCOc1ccc(NC(=O)C(CN)C(C)C)cc1C.